The molecule has 0 fully saturated rings. The van der Waals surface area contributed by atoms with Crippen molar-refractivity contribution in [2.24, 2.45) is 0 Å². The number of alkyl halides is 1. The van der Waals surface area contributed by atoms with Gasteiger partial charge in [0.1, 0.15) is 6.17 Å². The fourth-order valence-electron chi connectivity index (χ4n) is 1.26. The molecule has 1 atom stereocenters. The zero-order chi connectivity index (χ0) is 7.84. The highest BCUT2D eigenvalue weighted by molar-refractivity contribution is 6.30. The summed E-state index contributed by atoms with van der Waals surface area (Å²) in [7, 11) is 0. The van der Waals surface area contributed by atoms with E-state index in [0.29, 0.717) is 11.6 Å². The van der Waals surface area contributed by atoms with Crippen LogP contribution in [0.3, 0.4) is 0 Å². The summed E-state index contributed by atoms with van der Waals surface area (Å²) in [5, 5.41) is 3.58. The lowest BCUT2D eigenvalue weighted by molar-refractivity contribution is 0.373. The van der Waals surface area contributed by atoms with Gasteiger partial charge >= 0.3 is 0 Å². The van der Waals surface area contributed by atoms with Crippen LogP contribution in [0.4, 0.5) is 10.1 Å². The van der Waals surface area contributed by atoms with Crippen molar-refractivity contribution in [2.45, 2.75) is 6.17 Å². The van der Waals surface area contributed by atoms with Crippen LogP contribution in [0.15, 0.2) is 18.2 Å². The van der Waals surface area contributed by atoms with Crippen LogP contribution in [-0.2, 0) is 0 Å². The second-order valence-corrected chi connectivity index (χ2v) is 3.02. The van der Waals surface area contributed by atoms with Crippen molar-refractivity contribution in [3.05, 3.63) is 28.8 Å². The third kappa shape index (κ3) is 1.07. The van der Waals surface area contributed by atoms with Gasteiger partial charge in [-0.2, -0.15) is 0 Å². The first-order valence-electron chi connectivity index (χ1n) is 3.45. The molecule has 0 aromatic heterocycles. The highest BCUT2D eigenvalue weighted by Crippen LogP contribution is 2.33. The summed E-state index contributed by atoms with van der Waals surface area (Å²) in [4.78, 5) is 0. The van der Waals surface area contributed by atoms with E-state index < -0.39 is 6.17 Å². The van der Waals surface area contributed by atoms with Gasteiger partial charge < -0.3 is 5.32 Å². The van der Waals surface area contributed by atoms with Crippen molar-refractivity contribution in [3.8, 4) is 0 Å². The van der Waals surface area contributed by atoms with Crippen molar-refractivity contribution >= 4 is 17.3 Å². The molecule has 0 radical (unpaired) electrons. The molecule has 3 heteroatoms. The van der Waals surface area contributed by atoms with E-state index in [0.717, 1.165) is 11.3 Å². The van der Waals surface area contributed by atoms with E-state index in [1.807, 2.05) is 0 Å². The molecule has 0 saturated heterocycles. The van der Waals surface area contributed by atoms with Gasteiger partial charge in [0.25, 0.3) is 0 Å². The maximum Gasteiger partial charge on any atom is 0.144 e. The minimum Gasteiger partial charge on any atom is -0.381 e. The van der Waals surface area contributed by atoms with Crippen LogP contribution in [0.5, 0.6) is 0 Å². The SMILES string of the molecule is FC1CNc2cc(Cl)ccc21. The number of hydrogen-bond donors (Lipinski definition) is 1. The average molecular weight is 172 g/mol. The smallest absolute Gasteiger partial charge is 0.144 e. The van der Waals surface area contributed by atoms with Gasteiger partial charge in [0.2, 0.25) is 0 Å². The Morgan fingerprint density at radius 3 is 3.18 bits per heavy atom. The molecule has 1 aliphatic rings. The van der Waals surface area contributed by atoms with E-state index in [1.54, 1.807) is 18.2 Å². The normalized spacial score (nSPS) is 21.1. The summed E-state index contributed by atoms with van der Waals surface area (Å²) in [5.74, 6) is 0. The first kappa shape index (κ1) is 6.92. The van der Waals surface area contributed by atoms with Gasteiger partial charge in [0.15, 0.2) is 0 Å². The third-order valence-electron chi connectivity index (χ3n) is 1.82. The number of benzene rings is 1. The molecule has 1 N–H and O–H groups in total. The van der Waals surface area contributed by atoms with Crippen LogP contribution >= 0.6 is 11.6 Å². The molecular weight excluding hydrogens is 165 g/mol. The lowest BCUT2D eigenvalue weighted by Crippen LogP contribution is -1.94. The molecule has 2 rings (SSSR count). The maximum atomic E-state index is 12.9. The topological polar surface area (TPSA) is 12.0 Å². The van der Waals surface area contributed by atoms with E-state index in [1.165, 1.54) is 0 Å². The van der Waals surface area contributed by atoms with Gasteiger partial charge in [-0.3, -0.25) is 0 Å². The average Bonchev–Trinajstić information content (AvgIpc) is 2.32. The monoisotopic (exact) mass is 171 g/mol. The van der Waals surface area contributed by atoms with Crippen molar-refractivity contribution in [1.29, 1.82) is 0 Å². The lowest BCUT2D eigenvalue weighted by atomic mass is 10.1. The Bertz CT molecular complexity index is 287. The largest absolute Gasteiger partial charge is 0.381 e. The van der Waals surface area contributed by atoms with Crippen LogP contribution in [0.2, 0.25) is 5.02 Å². The van der Waals surface area contributed by atoms with Crippen molar-refractivity contribution < 1.29 is 4.39 Å². The number of rotatable bonds is 0. The fraction of sp³-hybridized carbons (Fsp3) is 0.250. The minimum atomic E-state index is -0.873. The predicted octanol–water partition coefficient (Wildman–Crippen LogP) is 2.78. The van der Waals surface area contributed by atoms with E-state index in [4.69, 9.17) is 11.6 Å². The number of anilines is 1. The second kappa shape index (κ2) is 2.38. The fourth-order valence-corrected chi connectivity index (χ4v) is 1.44. The van der Waals surface area contributed by atoms with E-state index in [-0.39, 0.29) is 0 Å². The molecule has 11 heavy (non-hydrogen) atoms. The summed E-state index contributed by atoms with van der Waals surface area (Å²) in [6, 6.07) is 5.18. The Balaban J connectivity index is 2.50. The molecule has 1 heterocycles. The summed E-state index contributed by atoms with van der Waals surface area (Å²) in [6.07, 6.45) is -0.873. The Morgan fingerprint density at radius 1 is 1.55 bits per heavy atom. The predicted molar refractivity (Wildman–Crippen MR) is 43.8 cm³/mol. The van der Waals surface area contributed by atoms with Crippen molar-refractivity contribution in [2.75, 3.05) is 11.9 Å². The molecule has 0 aliphatic carbocycles. The number of fused-ring (bicyclic) bond motifs is 1. The van der Waals surface area contributed by atoms with E-state index in [2.05, 4.69) is 5.32 Å². The molecule has 1 aromatic carbocycles. The van der Waals surface area contributed by atoms with Crippen LogP contribution in [0, 0.1) is 0 Å². The standard InChI is InChI=1S/C8H7ClFN/c9-5-1-2-6-7(10)4-11-8(6)3-5/h1-3,7,11H,4H2. The summed E-state index contributed by atoms with van der Waals surface area (Å²) < 4.78 is 12.9. The Hall–Kier alpha value is -0.760. The first-order chi connectivity index (χ1) is 5.27. The molecule has 1 aliphatic heterocycles. The van der Waals surface area contributed by atoms with Gasteiger partial charge in [-0.25, -0.2) is 4.39 Å². The highest BCUT2D eigenvalue weighted by Gasteiger charge is 2.20. The summed E-state index contributed by atoms with van der Waals surface area (Å²) >= 11 is 5.71. The first-order valence-corrected chi connectivity index (χ1v) is 3.82. The second-order valence-electron chi connectivity index (χ2n) is 2.58. The van der Waals surface area contributed by atoms with Gasteiger partial charge in [-0.05, 0) is 12.1 Å². The van der Waals surface area contributed by atoms with Crippen LogP contribution in [-0.4, -0.2) is 6.54 Å². The molecule has 1 nitrogen and oxygen atoms in total. The van der Waals surface area contributed by atoms with Gasteiger partial charge in [-0.15, -0.1) is 0 Å². The van der Waals surface area contributed by atoms with Crippen LogP contribution in [0.1, 0.15) is 11.7 Å². The molecule has 0 bridgehead atoms. The minimum absolute atomic E-state index is 0.371. The molecule has 1 unspecified atom stereocenters. The zero-order valence-electron chi connectivity index (χ0n) is 5.77. The maximum absolute atomic E-state index is 12.9. The van der Waals surface area contributed by atoms with Crippen molar-refractivity contribution in [3.63, 3.8) is 0 Å². The Morgan fingerprint density at radius 2 is 2.36 bits per heavy atom. The molecular formula is C8H7ClFN. The highest BCUT2D eigenvalue weighted by atomic mass is 35.5. The lowest BCUT2D eigenvalue weighted by Gasteiger charge is -1.98. The quantitative estimate of drug-likeness (QED) is 0.633. The van der Waals surface area contributed by atoms with Gasteiger partial charge in [0, 0.05) is 16.3 Å². The van der Waals surface area contributed by atoms with Crippen LogP contribution in [0.25, 0.3) is 0 Å². The zero-order valence-corrected chi connectivity index (χ0v) is 6.53. The van der Waals surface area contributed by atoms with E-state index >= 15 is 0 Å². The van der Waals surface area contributed by atoms with Crippen molar-refractivity contribution in [1.82, 2.24) is 0 Å². The molecule has 1 aromatic rings. The molecule has 0 saturated carbocycles. The van der Waals surface area contributed by atoms with Gasteiger partial charge in [-0.1, -0.05) is 17.7 Å². The Kier molecular flexibility index (Phi) is 1.50. The molecule has 0 spiro atoms. The van der Waals surface area contributed by atoms with E-state index in [9.17, 15) is 4.39 Å². The summed E-state index contributed by atoms with van der Waals surface area (Å²) in [5.41, 5.74) is 1.54. The number of hydrogen-bond acceptors (Lipinski definition) is 1. The van der Waals surface area contributed by atoms with Crippen LogP contribution < -0.4 is 5.32 Å². The molecule has 0 amide bonds. The molecule has 58 valence electrons. The number of nitrogens with one attached hydrogen (secondary N) is 1. The number of halogens is 2. The van der Waals surface area contributed by atoms with Gasteiger partial charge in [0.05, 0.1) is 6.54 Å². The Labute approximate surface area is 69.2 Å². The summed E-state index contributed by atoms with van der Waals surface area (Å²) in [6.45, 7) is 0.371. The third-order valence-corrected chi connectivity index (χ3v) is 2.06.